The van der Waals surface area contributed by atoms with Gasteiger partial charge in [-0.3, -0.25) is 9.59 Å². The van der Waals surface area contributed by atoms with E-state index >= 15 is 0 Å². The van der Waals surface area contributed by atoms with E-state index in [0.717, 1.165) is 5.57 Å². The number of fused-ring (bicyclic) bond motifs is 2. The highest BCUT2D eigenvalue weighted by Gasteiger charge is 2.82. The molecular weight excluding hydrogens is 444 g/mol. The number of hydrogen-bond acceptors (Lipinski definition) is 9. The highest BCUT2D eigenvalue weighted by atomic mass is 16.6. The fourth-order valence-corrected chi connectivity index (χ4v) is 8.09. The number of esters is 2. The first kappa shape index (κ1) is 23.9. The minimum absolute atomic E-state index is 0.0360. The van der Waals surface area contributed by atoms with Crippen molar-refractivity contribution in [2.45, 2.75) is 83.6 Å². The van der Waals surface area contributed by atoms with Crippen LogP contribution in [0.25, 0.3) is 0 Å². The number of ether oxygens (including phenoxy) is 3. The quantitative estimate of drug-likeness (QED) is 0.496. The third kappa shape index (κ3) is 2.61. The molecule has 0 aromatic heterocycles. The lowest BCUT2D eigenvalue weighted by molar-refractivity contribution is -0.297. The lowest BCUT2D eigenvalue weighted by atomic mass is 9.38. The summed E-state index contributed by atoms with van der Waals surface area (Å²) in [5.41, 5.74) is -2.84. The van der Waals surface area contributed by atoms with E-state index in [2.05, 4.69) is 0 Å². The van der Waals surface area contributed by atoms with Gasteiger partial charge in [0.2, 0.25) is 6.10 Å². The highest BCUT2D eigenvalue weighted by molar-refractivity contribution is 5.96. The summed E-state index contributed by atoms with van der Waals surface area (Å²) in [5.74, 6) is -4.16. The van der Waals surface area contributed by atoms with Crippen molar-refractivity contribution in [1.29, 1.82) is 0 Å². The molecule has 0 aromatic carbocycles. The number of aliphatic hydroxyl groups excluding tert-OH is 3. The molecule has 2 aliphatic heterocycles. The first-order valence-electron chi connectivity index (χ1n) is 12.2. The van der Waals surface area contributed by atoms with E-state index in [1.165, 1.54) is 6.08 Å². The molecular formula is C25H34O9. The number of carbonyl (C=O) groups excluding carboxylic acids is 3. The Kier molecular flexibility index (Phi) is 5.17. The molecule has 0 aromatic rings. The molecule has 5 aliphatic rings. The summed E-state index contributed by atoms with van der Waals surface area (Å²) in [6.45, 7) is 8.76. The van der Waals surface area contributed by atoms with Crippen LogP contribution >= 0.6 is 0 Å². The Morgan fingerprint density at radius 3 is 2.56 bits per heavy atom. The van der Waals surface area contributed by atoms with Crippen LogP contribution in [0.5, 0.6) is 0 Å². The van der Waals surface area contributed by atoms with E-state index in [-0.39, 0.29) is 12.5 Å². The van der Waals surface area contributed by atoms with Gasteiger partial charge in [0, 0.05) is 16.7 Å². The van der Waals surface area contributed by atoms with Crippen molar-refractivity contribution in [1.82, 2.24) is 0 Å². The van der Waals surface area contributed by atoms with Crippen molar-refractivity contribution in [2.75, 3.05) is 6.61 Å². The van der Waals surface area contributed by atoms with Crippen molar-refractivity contribution >= 4 is 17.7 Å². The number of ketones is 1. The molecule has 12 atom stereocenters. The molecule has 2 saturated heterocycles. The van der Waals surface area contributed by atoms with E-state index in [4.69, 9.17) is 14.2 Å². The van der Waals surface area contributed by atoms with Gasteiger partial charge in [0.05, 0.1) is 24.5 Å². The average Bonchev–Trinajstić information content (AvgIpc) is 3.06. The monoisotopic (exact) mass is 478 g/mol. The van der Waals surface area contributed by atoms with Crippen molar-refractivity contribution < 1.29 is 43.9 Å². The largest absolute Gasteiger partial charge is 0.459 e. The van der Waals surface area contributed by atoms with Gasteiger partial charge < -0.3 is 29.5 Å². The molecule has 2 saturated carbocycles. The van der Waals surface area contributed by atoms with Crippen LogP contribution < -0.4 is 0 Å². The molecule has 6 unspecified atom stereocenters. The Hall–Kier alpha value is -1.81. The maximum atomic E-state index is 13.3. The van der Waals surface area contributed by atoms with Crippen LogP contribution in [0.15, 0.2) is 11.6 Å². The number of carbonyl (C=O) groups is 3. The molecule has 0 radical (unpaired) electrons. The fraction of sp³-hybridized carbons (Fsp3) is 0.800. The topological polar surface area (TPSA) is 140 Å². The molecule has 9 heteroatoms. The molecule has 34 heavy (non-hydrogen) atoms. The molecule has 188 valence electrons. The molecule has 0 amide bonds. The van der Waals surface area contributed by atoms with Crippen LogP contribution in [-0.2, 0) is 28.6 Å². The Balaban J connectivity index is 1.69. The molecule has 4 fully saturated rings. The van der Waals surface area contributed by atoms with Crippen molar-refractivity contribution in [3.05, 3.63) is 11.6 Å². The summed E-state index contributed by atoms with van der Waals surface area (Å²) >= 11 is 0. The predicted octanol–water partition coefficient (Wildman–Crippen LogP) is 0.529. The molecule has 3 N–H and O–H groups in total. The van der Waals surface area contributed by atoms with E-state index in [1.807, 2.05) is 6.92 Å². The third-order valence-corrected chi connectivity index (χ3v) is 9.96. The zero-order valence-electron chi connectivity index (χ0n) is 20.2. The zero-order chi connectivity index (χ0) is 25.0. The predicted molar refractivity (Wildman–Crippen MR) is 116 cm³/mol. The van der Waals surface area contributed by atoms with Crippen LogP contribution in [-0.4, -0.2) is 75.8 Å². The number of allylic oxidation sites excluding steroid dienone is 1. The Labute approximate surface area is 198 Å². The summed E-state index contributed by atoms with van der Waals surface area (Å²) in [5, 5.41) is 34.0. The Bertz CT molecular complexity index is 975. The smallest absolute Gasteiger partial charge is 0.348 e. The minimum atomic E-state index is -1.43. The first-order chi connectivity index (χ1) is 15.8. The van der Waals surface area contributed by atoms with Crippen LogP contribution in [0.1, 0.15) is 47.5 Å². The highest BCUT2D eigenvalue weighted by Crippen LogP contribution is 2.72. The normalized spacial score (nSPS) is 52.2. The molecule has 2 heterocycles. The summed E-state index contributed by atoms with van der Waals surface area (Å²) in [4.78, 5) is 38.8. The van der Waals surface area contributed by atoms with E-state index in [1.54, 1.807) is 27.7 Å². The maximum absolute atomic E-state index is 13.3. The van der Waals surface area contributed by atoms with Crippen molar-refractivity contribution in [3.63, 3.8) is 0 Å². The SMILES string of the molecule is CCC(C)C(=O)OC1C(=O)O[C@H]2CC3C(C)=CC(=O)[C@@H](O)[C@]3(C)C3C(O)[C@H](O)[C@@]4(C)OC[C@]32C14. The summed E-state index contributed by atoms with van der Waals surface area (Å²) in [7, 11) is 0. The van der Waals surface area contributed by atoms with Crippen molar-refractivity contribution in [3.8, 4) is 0 Å². The standard InChI is InChI=1S/C25H34O9/c1-6-10(2)21(30)34-16-18-24(5)20(29)15(27)17-23(4)12(11(3)7-13(26)19(23)28)8-14(33-22(16)31)25(17,18)9-32-24/h7,10,12,14-20,27-29H,6,8-9H2,1-5H3/t10?,12?,14-,15?,16?,17?,18?,19+,20-,23-,24-,25+/m0/s1. The number of hydrogen-bond donors (Lipinski definition) is 3. The van der Waals surface area contributed by atoms with E-state index < -0.39 is 82.4 Å². The minimum Gasteiger partial charge on any atom is -0.459 e. The summed E-state index contributed by atoms with van der Waals surface area (Å²) in [6.07, 6.45) is -3.95. The van der Waals surface area contributed by atoms with Gasteiger partial charge in [0.15, 0.2) is 5.78 Å². The van der Waals surface area contributed by atoms with Gasteiger partial charge >= 0.3 is 11.9 Å². The molecule has 1 spiro atoms. The van der Waals surface area contributed by atoms with Gasteiger partial charge in [0.1, 0.15) is 23.9 Å². The van der Waals surface area contributed by atoms with Gasteiger partial charge in [-0.15, -0.1) is 0 Å². The van der Waals surface area contributed by atoms with Crippen LogP contribution in [0.2, 0.25) is 0 Å². The second-order valence-electron chi connectivity index (χ2n) is 11.4. The fourth-order valence-electron chi connectivity index (χ4n) is 8.09. The van der Waals surface area contributed by atoms with Gasteiger partial charge in [-0.2, -0.15) is 0 Å². The van der Waals surface area contributed by atoms with Crippen LogP contribution in [0, 0.1) is 34.5 Å². The lowest BCUT2D eigenvalue weighted by Gasteiger charge is -2.68. The van der Waals surface area contributed by atoms with Gasteiger partial charge in [-0.05, 0) is 38.7 Å². The van der Waals surface area contributed by atoms with E-state index in [9.17, 15) is 29.7 Å². The maximum Gasteiger partial charge on any atom is 0.348 e. The number of aliphatic hydroxyl groups is 3. The Morgan fingerprint density at radius 1 is 1.24 bits per heavy atom. The van der Waals surface area contributed by atoms with Gasteiger partial charge in [-0.1, -0.05) is 26.3 Å². The lowest BCUT2D eigenvalue weighted by Crippen LogP contribution is -2.78. The van der Waals surface area contributed by atoms with Crippen LogP contribution in [0.3, 0.4) is 0 Å². The Morgan fingerprint density at radius 2 is 1.91 bits per heavy atom. The van der Waals surface area contributed by atoms with Gasteiger partial charge in [0.25, 0.3) is 0 Å². The molecule has 5 rings (SSSR count). The third-order valence-electron chi connectivity index (χ3n) is 9.96. The second kappa shape index (κ2) is 7.35. The van der Waals surface area contributed by atoms with Crippen LogP contribution in [0.4, 0.5) is 0 Å². The van der Waals surface area contributed by atoms with E-state index in [0.29, 0.717) is 12.8 Å². The first-order valence-corrected chi connectivity index (χ1v) is 12.2. The van der Waals surface area contributed by atoms with Crippen molar-refractivity contribution in [2.24, 2.45) is 34.5 Å². The molecule has 9 nitrogen and oxygen atoms in total. The average molecular weight is 479 g/mol. The molecule has 2 bridgehead atoms. The van der Waals surface area contributed by atoms with Gasteiger partial charge in [-0.25, -0.2) is 4.79 Å². The second-order valence-corrected chi connectivity index (χ2v) is 11.4. The zero-order valence-corrected chi connectivity index (χ0v) is 20.2. The number of rotatable bonds is 3. The summed E-state index contributed by atoms with van der Waals surface area (Å²) < 4.78 is 17.8. The summed E-state index contributed by atoms with van der Waals surface area (Å²) in [6, 6.07) is 0. The molecule has 3 aliphatic carbocycles.